The van der Waals surface area contributed by atoms with Crippen molar-refractivity contribution in [2.45, 2.75) is 71.5 Å². The third kappa shape index (κ3) is 5.31. The van der Waals surface area contributed by atoms with E-state index in [1.165, 1.54) is 38.5 Å². The quantitative estimate of drug-likeness (QED) is 0.617. The fourth-order valence-electron chi connectivity index (χ4n) is 2.37. The Bertz CT molecular complexity index is 168. The second-order valence-corrected chi connectivity index (χ2v) is 5.20. The van der Waals surface area contributed by atoms with Gasteiger partial charge in [0.15, 0.2) is 0 Å². The monoisotopic (exact) mass is 228 g/mol. The molecule has 2 atom stereocenters. The zero-order valence-corrected chi connectivity index (χ0v) is 11.2. The lowest BCUT2D eigenvalue weighted by atomic mass is 9.87. The number of rotatable bonds is 7. The smallest absolute Gasteiger partial charge is 0.0628 e. The predicted octanol–water partition coefficient (Wildman–Crippen LogP) is 3.79. The van der Waals surface area contributed by atoms with E-state index in [4.69, 9.17) is 9.47 Å². The van der Waals surface area contributed by atoms with E-state index in [1.54, 1.807) is 0 Å². The Morgan fingerprint density at radius 2 is 1.94 bits per heavy atom. The summed E-state index contributed by atoms with van der Waals surface area (Å²) in [4.78, 5) is 0. The van der Waals surface area contributed by atoms with Crippen LogP contribution in [0, 0.1) is 5.92 Å². The zero-order chi connectivity index (χ0) is 11.8. The molecule has 0 radical (unpaired) electrons. The molecule has 0 aliphatic heterocycles. The van der Waals surface area contributed by atoms with Crippen molar-refractivity contribution in [3.8, 4) is 0 Å². The van der Waals surface area contributed by atoms with E-state index in [0.29, 0.717) is 18.1 Å². The molecule has 1 aliphatic carbocycles. The van der Waals surface area contributed by atoms with Gasteiger partial charge in [-0.2, -0.15) is 0 Å². The molecule has 1 aliphatic rings. The summed E-state index contributed by atoms with van der Waals surface area (Å²) in [5.41, 5.74) is 0. The van der Waals surface area contributed by atoms with Gasteiger partial charge >= 0.3 is 0 Å². The van der Waals surface area contributed by atoms with E-state index in [-0.39, 0.29) is 0 Å². The minimum atomic E-state index is 0.348. The summed E-state index contributed by atoms with van der Waals surface area (Å²) in [7, 11) is 0. The van der Waals surface area contributed by atoms with Crippen molar-refractivity contribution in [1.29, 1.82) is 0 Å². The van der Waals surface area contributed by atoms with Crippen LogP contribution in [0.1, 0.15) is 59.3 Å². The molecule has 0 aromatic heterocycles. The first kappa shape index (κ1) is 14.0. The van der Waals surface area contributed by atoms with Gasteiger partial charge in [-0.1, -0.05) is 26.2 Å². The molecule has 16 heavy (non-hydrogen) atoms. The molecule has 0 aromatic rings. The molecule has 1 rings (SSSR count). The highest BCUT2D eigenvalue weighted by Gasteiger charge is 2.26. The molecule has 96 valence electrons. The topological polar surface area (TPSA) is 18.5 Å². The molecule has 2 heteroatoms. The number of hydrogen-bond acceptors (Lipinski definition) is 2. The lowest BCUT2D eigenvalue weighted by molar-refractivity contribution is -0.0682. The molecule has 0 amide bonds. The molecule has 0 heterocycles. The van der Waals surface area contributed by atoms with Gasteiger partial charge in [-0.25, -0.2) is 0 Å². The van der Waals surface area contributed by atoms with Crippen molar-refractivity contribution in [2.24, 2.45) is 5.92 Å². The van der Waals surface area contributed by atoms with Crippen LogP contribution in [0.25, 0.3) is 0 Å². The summed E-state index contributed by atoms with van der Waals surface area (Å²) in [6.07, 6.45) is 8.36. The van der Waals surface area contributed by atoms with E-state index in [1.807, 2.05) is 0 Å². The first-order chi connectivity index (χ1) is 7.74. The predicted molar refractivity (Wildman–Crippen MR) is 67.7 cm³/mol. The molecule has 2 nitrogen and oxygen atoms in total. The van der Waals surface area contributed by atoms with Gasteiger partial charge in [-0.3, -0.25) is 0 Å². The Balaban J connectivity index is 2.23. The van der Waals surface area contributed by atoms with E-state index in [2.05, 4.69) is 20.8 Å². The van der Waals surface area contributed by atoms with Crippen LogP contribution in [-0.4, -0.2) is 25.4 Å². The van der Waals surface area contributed by atoms with Crippen molar-refractivity contribution in [3.63, 3.8) is 0 Å². The summed E-state index contributed by atoms with van der Waals surface area (Å²) in [5.74, 6) is 0.632. The summed E-state index contributed by atoms with van der Waals surface area (Å²) in [6.45, 7) is 8.28. The van der Waals surface area contributed by atoms with Crippen molar-refractivity contribution < 1.29 is 9.47 Å². The molecule has 2 unspecified atom stereocenters. The molecule has 1 fully saturated rings. The summed E-state index contributed by atoms with van der Waals surface area (Å²) < 4.78 is 11.7. The highest BCUT2D eigenvalue weighted by atomic mass is 16.5. The summed E-state index contributed by atoms with van der Waals surface area (Å²) in [5, 5.41) is 0. The lowest BCUT2D eigenvalue weighted by Gasteiger charge is -2.32. The van der Waals surface area contributed by atoms with Crippen LogP contribution >= 0.6 is 0 Å². The van der Waals surface area contributed by atoms with Gasteiger partial charge in [0.1, 0.15) is 0 Å². The van der Waals surface area contributed by atoms with Crippen molar-refractivity contribution in [3.05, 3.63) is 0 Å². The molecule has 1 saturated carbocycles. The standard InChI is InChI=1S/C14H28O2/c1-4-5-10-15-11-13-8-6-7-9-14(13)16-12(2)3/h12-14H,4-11H2,1-3H3. The minimum Gasteiger partial charge on any atom is -0.381 e. The molecular weight excluding hydrogens is 200 g/mol. The molecule has 0 bridgehead atoms. The Hall–Kier alpha value is -0.0800. The maximum atomic E-state index is 5.98. The van der Waals surface area contributed by atoms with Crippen molar-refractivity contribution in [2.75, 3.05) is 13.2 Å². The normalized spacial score (nSPS) is 26.2. The molecule has 0 N–H and O–H groups in total. The minimum absolute atomic E-state index is 0.348. The van der Waals surface area contributed by atoms with E-state index < -0.39 is 0 Å². The first-order valence-corrected chi connectivity index (χ1v) is 6.97. The molecule has 0 saturated heterocycles. The molecular formula is C14H28O2. The molecule has 0 aromatic carbocycles. The van der Waals surface area contributed by atoms with Gasteiger partial charge in [0.2, 0.25) is 0 Å². The van der Waals surface area contributed by atoms with Crippen LogP contribution in [-0.2, 0) is 9.47 Å². The summed E-state index contributed by atoms with van der Waals surface area (Å²) >= 11 is 0. The highest BCUT2D eigenvalue weighted by Crippen LogP contribution is 2.28. The van der Waals surface area contributed by atoms with Crippen molar-refractivity contribution in [1.82, 2.24) is 0 Å². The zero-order valence-electron chi connectivity index (χ0n) is 11.2. The van der Waals surface area contributed by atoms with E-state index in [0.717, 1.165) is 13.2 Å². The van der Waals surface area contributed by atoms with E-state index >= 15 is 0 Å². The van der Waals surface area contributed by atoms with Gasteiger partial charge in [0.25, 0.3) is 0 Å². The fraction of sp³-hybridized carbons (Fsp3) is 1.00. The maximum absolute atomic E-state index is 5.98. The van der Waals surface area contributed by atoms with Crippen LogP contribution in [0.3, 0.4) is 0 Å². The SMILES string of the molecule is CCCCOCC1CCCCC1OC(C)C. The number of ether oxygens (including phenoxy) is 2. The van der Waals surface area contributed by atoms with Gasteiger partial charge in [-0.05, 0) is 33.1 Å². The Morgan fingerprint density at radius 3 is 2.62 bits per heavy atom. The van der Waals surface area contributed by atoms with Crippen molar-refractivity contribution >= 4 is 0 Å². The average Bonchev–Trinajstić information content (AvgIpc) is 2.26. The second-order valence-electron chi connectivity index (χ2n) is 5.20. The van der Waals surface area contributed by atoms with Gasteiger partial charge in [0.05, 0.1) is 18.8 Å². The van der Waals surface area contributed by atoms with Crippen LogP contribution in [0.5, 0.6) is 0 Å². The molecule has 0 spiro atoms. The third-order valence-corrected chi connectivity index (χ3v) is 3.26. The average molecular weight is 228 g/mol. The number of hydrogen-bond donors (Lipinski definition) is 0. The van der Waals surface area contributed by atoms with Crippen LogP contribution in [0.15, 0.2) is 0 Å². The van der Waals surface area contributed by atoms with Gasteiger partial charge < -0.3 is 9.47 Å². The maximum Gasteiger partial charge on any atom is 0.0628 e. The lowest BCUT2D eigenvalue weighted by Crippen LogP contribution is -2.33. The van der Waals surface area contributed by atoms with E-state index in [9.17, 15) is 0 Å². The Morgan fingerprint density at radius 1 is 1.19 bits per heavy atom. The Labute approximate surface area is 101 Å². The second kappa shape index (κ2) is 8.08. The van der Waals surface area contributed by atoms with Gasteiger partial charge in [0, 0.05) is 12.5 Å². The van der Waals surface area contributed by atoms with Gasteiger partial charge in [-0.15, -0.1) is 0 Å². The van der Waals surface area contributed by atoms with Crippen LogP contribution in [0.2, 0.25) is 0 Å². The largest absolute Gasteiger partial charge is 0.381 e. The Kier molecular flexibility index (Phi) is 7.06. The highest BCUT2D eigenvalue weighted by molar-refractivity contribution is 4.76. The van der Waals surface area contributed by atoms with Crippen LogP contribution < -0.4 is 0 Å². The first-order valence-electron chi connectivity index (χ1n) is 6.97. The number of unbranched alkanes of at least 4 members (excludes halogenated alkanes) is 1. The fourth-order valence-corrected chi connectivity index (χ4v) is 2.37. The summed E-state index contributed by atoms with van der Waals surface area (Å²) in [6, 6.07) is 0. The third-order valence-electron chi connectivity index (χ3n) is 3.26. The van der Waals surface area contributed by atoms with Crippen LogP contribution in [0.4, 0.5) is 0 Å².